The second kappa shape index (κ2) is 18.5. The van der Waals surface area contributed by atoms with Crippen LogP contribution in [0.5, 0.6) is 0 Å². The minimum absolute atomic E-state index is 0.00499. The number of anilines is 2. The van der Waals surface area contributed by atoms with E-state index in [1.54, 1.807) is 58.9 Å². The number of aryl methyl sites for hydroxylation is 2. The number of aromatic nitrogens is 6. The summed E-state index contributed by atoms with van der Waals surface area (Å²) in [5.41, 5.74) is 4.57. The van der Waals surface area contributed by atoms with E-state index in [1.165, 1.54) is 12.1 Å². The molecule has 2 amide bonds. The second-order valence-corrected chi connectivity index (χ2v) is 15.2. The Hall–Kier alpha value is -5.05. The largest absolute Gasteiger partial charge is 0.365 e. The van der Waals surface area contributed by atoms with Gasteiger partial charge in [0.1, 0.15) is 24.1 Å². The highest BCUT2D eigenvalue weighted by Crippen LogP contribution is 2.30. The molecular weight excluding hydrogens is 797 g/mol. The Morgan fingerprint density at radius 3 is 1.84 bits per heavy atom. The number of H-pyrrole nitrogens is 1. The summed E-state index contributed by atoms with van der Waals surface area (Å²) < 4.78 is 30.1. The number of nitrogens with one attached hydrogen (secondary N) is 1. The molecular formula is C40H43Cl3F2N10O2. The normalized spacial score (nSPS) is 16.9. The average molecular weight is 840 g/mol. The number of piperazine rings is 2. The highest BCUT2D eigenvalue weighted by molar-refractivity contribution is 6.31. The van der Waals surface area contributed by atoms with Gasteiger partial charge in [-0.05, 0) is 75.2 Å². The van der Waals surface area contributed by atoms with E-state index in [9.17, 15) is 18.4 Å². The molecule has 300 valence electrons. The number of aromatic amines is 1. The van der Waals surface area contributed by atoms with Crippen molar-refractivity contribution in [3.05, 3.63) is 106 Å². The summed E-state index contributed by atoms with van der Waals surface area (Å²) in [6, 6.07) is 9.96. The summed E-state index contributed by atoms with van der Waals surface area (Å²) in [6.07, 6.45) is 10.4. The molecule has 17 heteroatoms. The summed E-state index contributed by atoms with van der Waals surface area (Å²) in [7, 11) is 0. The topological polar surface area (TPSA) is 119 Å². The second-order valence-electron chi connectivity index (χ2n) is 14.1. The van der Waals surface area contributed by atoms with Crippen LogP contribution in [0.1, 0.15) is 25.0 Å². The molecule has 1 N–H and O–H groups in total. The van der Waals surface area contributed by atoms with Crippen LogP contribution in [0, 0.1) is 25.5 Å². The van der Waals surface area contributed by atoms with Crippen LogP contribution in [-0.2, 0) is 16.1 Å². The van der Waals surface area contributed by atoms with Gasteiger partial charge in [0.15, 0.2) is 0 Å². The van der Waals surface area contributed by atoms with Gasteiger partial charge < -0.3 is 19.6 Å². The van der Waals surface area contributed by atoms with Crippen LogP contribution >= 0.6 is 34.8 Å². The van der Waals surface area contributed by atoms with Gasteiger partial charge >= 0.3 is 0 Å². The number of hydrogen-bond donors (Lipinski definition) is 1. The Balaban J connectivity index is 0.000000163. The molecule has 2 saturated heterocycles. The number of nitrogens with zero attached hydrogens (tertiary/aromatic N) is 9. The summed E-state index contributed by atoms with van der Waals surface area (Å²) >= 11 is 17.5. The maximum atomic E-state index is 14.4. The number of halogens is 5. The summed E-state index contributed by atoms with van der Waals surface area (Å²) in [5.74, 6) is -0.762. The fraction of sp³-hybridized carbons (Fsp3) is 0.350. The van der Waals surface area contributed by atoms with Gasteiger partial charge in [-0.1, -0.05) is 23.2 Å². The van der Waals surface area contributed by atoms with Gasteiger partial charge in [0.05, 0.1) is 47.2 Å². The zero-order chi connectivity index (χ0) is 40.8. The first kappa shape index (κ1) is 41.6. The highest BCUT2D eigenvalue weighted by Gasteiger charge is 2.30. The lowest BCUT2D eigenvalue weighted by Gasteiger charge is -2.41. The SMILES string of the molecule is Cc1cc(N2CCN(C(=O)CCl)[C@@H](C)C2)c(F)cc1Cl.Cc1cc(N2CCN(C(=O)Cn3ncc4ccncc43)[C@@H](C)C2)c(F)cc1Cl.c1cc2cn[nH]c2cn1. The maximum Gasteiger partial charge on any atom is 0.244 e. The van der Waals surface area contributed by atoms with E-state index in [1.807, 2.05) is 54.5 Å². The molecule has 2 aromatic carbocycles. The van der Waals surface area contributed by atoms with Crippen LogP contribution in [0.15, 0.2) is 73.6 Å². The maximum absolute atomic E-state index is 14.4. The first-order valence-electron chi connectivity index (χ1n) is 18.4. The molecule has 8 rings (SSSR count). The van der Waals surface area contributed by atoms with Crippen LogP contribution in [0.25, 0.3) is 21.8 Å². The predicted molar refractivity (Wildman–Crippen MR) is 221 cm³/mol. The van der Waals surface area contributed by atoms with Crippen molar-refractivity contribution >= 4 is 79.8 Å². The zero-order valence-corrected chi connectivity index (χ0v) is 34.2. The van der Waals surface area contributed by atoms with E-state index in [4.69, 9.17) is 34.8 Å². The van der Waals surface area contributed by atoms with Gasteiger partial charge in [-0.25, -0.2) is 8.78 Å². The molecule has 6 heterocycles. The summed E-state index contributed by atoms with van der Waals surface area (Å²) in [4.78, 5) is 40.0. The minimum atomic E-state index is -0.335. The average Bonchev–Trinajstić information content (AvgIpc) is 3.85. The number of rotatable bonds is 5. The number of hydrogen-bond acceptors (Lipinski definition) is 8. The lowest BCUT2D eigenvalue weighted by Crippen LogP contribution is -2.55. The number of carbonyl (C=O) groups is 2. The third-order valence-electron chi connectivity index (χ3n) is 10.1. The van der Waals surface area contributed by atoms with Crippen LogP contribution in [-0.4, -0.2) is 109 Å². The van der Waals surface area contributed by atoms with E-state index >= 15 is 0 Å². The summed E-state index contributed by atoms with van der Waals surface area (Å²) in [6.45, 7) is 11.2. The molecule has 0 unspecified atom stereocenters. The zero-order valence-electron chi connectivity index (χ0n) is 32.0. The van der Waals surface area contributed by atoms with Gasteiger partial charge in [0, 0.05) is 84.6 Å². The minimum Gasteiger partial charge on any atom is -0.365 e. The standard InChI is InChI=1S/C20H21ClFN5O.C14H17Cl2FN2O.C6H5N3/c1-13-7-18(17(22)8-16(13)21)25-5-6-26(14(2)11-25)20(28)12-27-19-10-23-4-3-15(19)9-24-27;1-9-5-13(12(17)6-11(9)16)18-3-4-19(10(2)8-18)14(20)7-15;1-2-7-4-6-5(1)3-8-9-6/h3-4,7-10,14H,5-6,11-12H2,1-2H3;5-6,10H,3-4,7-8H2,1-2H3;1-4H,(H,8,9)/t14-;10-;/m00./s1. The van der Waals surface area contributed by atoms with Gasteiger partial charge in [0.25, 0.3) is 0 Å². The van der Waals surface area contributed by atoms with Gasteiger partial charge in [-0.15, -0.1) is 11.6 Å². The number of pyridine rings is 2. The Bertz CT molecular complexity index is 2330. The van der Waals surface area contributed by atoms with E-state index in [0.717, 1.165) is 32.9 Å². The molecule has 0 aliphatic carbocycles. The van der Waals surface area contributed by atoms with Gasteiger partial charge in [-0.3, -0.25) is 29.3 Å². The van der Waals surface area contributed by atoms with Crippen LogP contribution in [0.4, 0.5) is 20.2 Å². The first-order chi connectivity index (χ1) is 27.3. The van der Waals surface area contributed by atoms with Crippen molar-refractivity contribution in [2.45, 2.75) is 46.3 Å². The van der Waals surface area contributed by atoms with Gasteiger partial charge in [-0.2, -0.15) is 10.2 Å². The van der Waals surface area contributed by atoms with Crippen molar-refractivity contribution in [2.75, 3.05) is 54.9 Å². The molecule has 4 aromatic heterocycles. The smallest absolute Gasteiger partial charge is 0.244 e. The number of alkyl halides is 1. The Morgan fingerprint density at radius 1 is 0.754 bits per heavy atom. The molecule has 57 heavy (non-hydrogen) atoms. The van der Waals surface area contributed by atoms with Crippen molar-refractivity contribution in [1.29, 1.82) is 0 Å². The number of carbonyl (C=O) groups excluding carboxylic acids is 2. The number of amides is 2. The fourth-order valence-corrected chi connectivity index (χ4v) is 7.44. The van der Waals surface area contributed by atoms with E-state index in [-0.39, 0.29) is 48.0 Å². The van der Waals surface area contributed by atoms with Crippen molar-refractivity contribution in [3.8, 4) is 0 Å². The molecule has 6 aromatic rings. The highest BCUT2D eigenvalue weighted by atomic mass is 35.5. The Labute approximate surface area is 344 Å². The molecule has 0 saturated carbocycles. The molecule has 0 bridgehead atoms. The Morgan fingerprint density at radius 2 is 1.30 bits per heavy atom. The van der Waals surface area contributed by atoms with Crippen molar-refractivity contribution in [2.24, 2.45) is 0 Å². The monoisotopic (exact) mass is 838 g/mol. The third kappa shape index (κ3) is 9.74. The third-order valence-corrected chi connectivity index (χ3v) is 11.2. The van der Waals surface area contributed by atoms with Crippen molar-refractivity contribution < 1.29 is 18.4 Å². The lowest BCUT2D eigenvalue weighted by molar-refractivity contribution is -0.134. The van der Waals surface area contributed by atoms with E-state index in [0.29, 0.717) is 60.7 Å². The first-order valence-corrected chi connectivity index (χ1v) is 19.7. The molecule has 2 atom stereocenters. The van der Waals surface area contributed by atoms with Crippen molar-refractivity contribution in [1.82, 2.24) is 39.7 Å². The Kier molecular flexibility index (Phi) is 13.5. The lowest BCUT2D eigenvalue weighted by atomic mass is 10.1. The van der Waals surface area contributed by atoms with Crippen LogP contribution in [0.2, 0.25) is 10.0 Å². The molecule has 2 aliphatic rings. The van der Waals surface area contributed by atoms with Gasteiger partial charge in [0.2, 0.25) is 11.8 Å². The van der Waals surface area contributed by atoms with Crippen LogP contribution in [0.3, 0.4) is 0 Å². The molecule has 0 spiro atoms. The summed E-state index contributed by atoms with van der Waals surface area (Å²) in [5, 5.41) is 13.8. The van der Waals surface area contributed by atoms with Crippen LogP contribution < -0.4 is 9.80 Å². The number of fused-ring (bicyclic) bond motifs is 2. The fourth-order valence-electron chi connectivity index (χ4n) is 6.98. The predicted octanol–water partition coefficient (Wildman–Crippen LogP) is 7.29. The number of benzene rings is 2. The molecule has 12 nitrogen and oxygen atoms in total. The van der Waals surface area contributed by atoms with E-state index in [2.05, 4.69) is 25.3 Å². The quantitative estimate of drug-likeness (QED) is 0.180. The molecule has 2 aliphatic heterocycles. The molecule has 0 radical (unpaired) electrons. The molecule has 2 fully saturated rings. The van der Waals surface area contributed by atoms with Crippen molar-refractivity contribution in [3.63, 3.8) is 0 Å². The van der Waals surface area contributed by atoms with E-state index < -0.39 is 0 Å².